The van der Waals surface area contributed by atoms with Crippen molar-refractivity contribution in [2.75, 3.05) is 32.6 Å². The fourth-order valence-corrected chi connectivity index (χ4v) is 2.45. The Morgan fingerprint density at radius 3 is 2.65 bits per heavy atom. The Kier molecular flexibility index (Phi) is 6.76. The minimum Gasteiger partial charge on any atom is -0.494 e. The van der Waals surface area contributed by atoms with Crippen molar-refractivity contribution in [2.24, 2.45) is 0 Å². The number of carbonyl (C=O) groups is 2. The molecule has 0 spiro atoms. The molecule has 9 heteroatoms. The van der Waals surface area contributed by atoms with Crippen molar-refractivity contribution < 1.29 is 19.4 Å². The molecular weight excluding hydrogens is 360 g/mol. The van der Waals surface area contributed by atoms with E-state index in [1.807, 2.05) is 0 Å². The van der Waals surface area contributed by atoms with Crippen molar-refractivity contribution in [3.63, 3.8) is 0 Å². The van der Waals surface area contributed by atoms with Crippen LogP contribution in [-0.4, -0.2) is 49.2 Å². The smallest absolute Gasteiger partial charge is 0.255 e. The largest absolute Gasteiger partial charge is 0.494 e. The summed E-state index contributed by atoms with van der Waals surface area (Å²) < 4.78 is 5.37. The number of amides is 2. The van der Waals surface area contributed by atoms with Gasteiger partial charge in [-0.1, -0.05) is 17.7 Å². The molecule has 0 aliphatic heterocycles. The molecule has 2 aromatic rings. The second-order valence-electron chi connectivity index (χ2n) is 5.12. The molecule has 0 unspecified atom stereocenters. The molecule has 138 valence electrons. The number of nitrogens with zero attached hydrogens (tertiary/aromatic N) is 1. The average molecular weight is 379 g/mol. The number of benzene rings is 1. The van der Waals surface area contributed by atoms with Crippen LogP contribution in [0.15, 0.2) is 30.5 Å². The van der Waals surface area contributed by atoms with Crippen LogP contribution in [0.4, 0.5) is 11.4 Å². The molecule has 2 amide bonds. The van der Waals surface area contributed by atoms with Gasteiger partial charge in [0.15, 0.2) is 5.75 Å². The molecule has 4 N–H and O–H groups in total. The summed E-state index contributed by atoms with van der Waals surface area (Å²) >= 11 is 5.94. The second-order valence-corrected chi connectivity index (χ2v) is 5.51. The van der Waals surface area contributed by atoms with Gasteiger partial charge in [-0.2, -0.15) is 0 Å². The van der Waals surface area contributed by atoms with Gasteiger partial charge in [0.2, 0.25) is 0 Å². The van der Waals surface area contributed by atoms with E-state index in [0.29, 0.717) is 17.1 Å². The van der Waals surface area contributed by atoms with Crippen LogP contribution in [0.2, 0.25) is 5.15 Å². The maximum absolute atomic E-state index is 12.2. The first-order chi connectivity index (χ1) is 12.5. The van der Waals surface area contributed by atoms with Crippen LogP contribution in [0, 0.1) is 0 Å². The lowest BCUT2D eigenvalue weighted by Crippen LogP contribution is -2.26. The number of ether oxygens (including phenoxy) is 1. The first kappa shape index (κ1) is 19.5. The molecule has 2 rings (SSSR count). The number of halogens is 1. The number of aliphatic hydroxyl groups excluding tert-OH is 1. The van der Waals surface area contributed by atoms with E-state index in [9.17, 15) is 9.59 Å². The molecule has 26 heavy (non-hydrogen) atoms. The first-order valence-corrected chi connectivity index (χ1v) is 8.10. The molecule has 0 aliphatic carbocycles. The maximum Gasteiger partial charge on any atom is 0.255 e. The van der Waals surface area contributed by atoms with Crippen molar-refractivity contribution in [3.8, 4) is 5.75 Å². The van der Waals surface area contributed by atoms with Gasteiger partial charge in [0.05, 0.1) is 36.2 Å². The predicted octanol–water partition coefficient (Wildman–Crippen LogP) is 1.57. The lowest BCUT2D eigenvalue weighted by Gasteiger charge is -2.16. The summed E-state index contributed by atoms with van der Waals surface area (Å²) in [6.45, 7) is -0.0442. The molecule has 1 aromatic carbocycles. The van der Waals surface area contributed by atoms with E-state index in [0.717, 1.165) is 0 Å². The van der Waals surface area contributed by atoms with Gasteiger partial charge in [0.1, 0.15) is 5.15 Å². The third-order valence-corrected chi connectivity index (χ3v) is 3.68. The van der Waals surface area contributed by atoms with E-state index in [4.69, 9.17) is 21.4 Å². The molecular formula is C17H19ClN4O4. The zero-order valence-corrected chi connectivity index (χ0v) is 15.1. The number of aromatic nitrogens is 1. The molecule has 1 aromatic heterocycles. The summed E-state index contributed by atoms with van der Waals surface area (Å²) in [6, 6.07) is 6.46. The fraction of sp³-hybridized carbons (Fsp3) is 0.235. The molecule has 1 heterocycles. The summed E-state index contributed by atoms with van der Waals surface area (Å²) in [6.07, 6.45) is 1.35. The third-order valence-electron chi connectivity index (χ3n) is 3.47. The van der Waals surface area contributed by atoms with E-state index in [-0.39, 0.29) is 41.2 Å². The number of hydrogen-bond acceptors (Lipinski definition) is 6. The molecule has 0 aliphatic rings. The van der Waals surface area contributed by atoms with Gasteiger partial charge < -0.3 is 25.8 Å². The van der Waals surface area contributed by atoms with E-state index >= 15 is 0 Å². The summed E-state index contributed by atoms with van der Waals surface area (Å²) in [5, 5.41) is 17.2. The predicted molar refractivity (Wildman–Crippen MR) is 98.3 cm³/mol. The zero-order valence-electron chi connectivity index (χ0n) is 14.3. The number of pyridine rings is 1. The molecule has 0 fully saturated rings. The van der Waals surface area contributed by atoms with E-state index in [2.05, 4.69) is 20.9 Å². The number of carbonyl (C=O) groups excluding carboxylic acids is 2. The van der Waals surface area contributed by atoms with Crippen LogP contribution in [0.5, 0.6) is 5.75 Å². The zero-order chi connectivity index (χ0) is 19.1. The number of anilines is 2. The summed E-state index contributed by atoms with van der Waals surface area (Å²) in [4.78, 5) is 28.2. The Morgan fingerprint density at radius 1 is 1.23 bits per heavy atom. The highest BCUT2D eigenvalue weighted by Crippen LogP contribution is 2.33. The Balaban J connectivity index is 2.43. The van der Waals surface area contributed by atoms with Crippen LogP contribution in [0.25, 0.3) is 0 Å². The van der Waals surface area contributed by atoms with Gasteiger partial charge in [-0.3, -0.25) is 9.59 Å². The summed E-state index contributed by atoms with van der Waals surface area (Å²) in [5.74, 6) is -0.440. The van der Waals surface area contributed by atoms with Gasteiger partial charge in [-0.25, -0.2) is 4.98 Å². The van der Waals surface area contributed by atoms with E-state index in [1.54, 1.807) is 18.2 Å². The summed E-state index contributed by atoms with van der Waals surface area (Å²) in [7, 11) is 2.94. The van der Waals surface area contributed by atoms with Gasteiger partial charge in [0.25, 0.3) is 11.8 Å². The fourth-order valence-electron chi connectivity index (χ4n) is 2.29. The summed E-state index contributed by atoms with van der Waals surface area (Å²) in [5.41, 5.74) is 1.45. The molecule has 0 atom stereocenters. The van der Waals surface area contributed by atoms with Gasteiger partial charge in [-0.15, -0.1) is 0 Å². The lowest BCUT2D eigenvalue weighted by molar-refractivity contribution is 0.0939. The minimum atomic E-state index is -0.390. The quantitative estimate of drug-likeness (QED) is 0.544. The average Bonchev–Trinajstić information content (AvgIpc) is 2.65. The molecule has 8 nitrogen and oxygen atoms in total. The Labute approximate surface area is 155 Å². The lowest BCUT2D eigenvalue weighted by atomic mass is 10.1. The third kappa shape index (κ3) is 4.41. The molecule has 0 saturated heterocycles. The maximum atomic E-state index is 12.2. The number of para-hydroxylation sites is 1. The first-order valence-electron chi connectivity index (χ1n) is 7.72. The molecule has 0 bridgehead atoms. The van der Waals surface area contributed by atoms with Crippen molar-refractivity contribution in [1.82, 2.24) is 15.6 Å². The van der Waals surface area contributed by atoms with Crippen LogP contribution < -0.4 is 20.7 Å². The standard InChI is InChI=1S/C17H19ClN4O4/c1-19-16(24)11-9-21-14(18)8-13(11)22-12-5-3-4-10(15(12)26-2)17(25)20-6-7-23/h3-5,8-9,23H,6-7H2,1-2H3,(H,19,24)(H,20,25)(H,21,22). The van der Waals surface area contributed by atoms with E-state index in [1.165, 1.54) is 26.4 Å². The highest BCUT2D eigenvalue weighted by molar-refractivity contribution is 6.29. The molecule has 0 radical (unpaired) electrons. The van der Waals surface area contributed by atoms with Gasteiger partial charge in [-0.05, 0) is 18.2 Å². The Hall–Kier alpha value is -2.84. The Bertz CT molecular complexity index is 813. The SMILES string of the molecule is CNC(=O)c1cnc(Cl)cc1Nc1cccc(C(=O)NCCO)c1OC. The Morgan fingerprint density at radius 2 is 2.00 bits per heavy atom. The van der Waals surface area contributed by atoms with Crippen LogP contribution in [0.3, 0.4) is 0 Å². The minimum absolute atomic E-state index is 0.125. The normalized spacial score (nSPS) is 10.2. The van der Waals surface area contributed by atoms with Crippen molar-refractivity contribution in [2.45, 2.75) is 0 Å². The van der Waals surface area contributed by atoms with Crippen molar-refractivity contribution in [1.29, 1.82) is 0 Å². The number of rotatable bonds is 7. The number of methoxy groups -OCH3 is 1. The van der Waals surface area contributed by atoms with Crippen LogP contribution in [0.1, 0.15) is 20.7 Å². The van der Waals surface area contributed by atoms with Crippen molar-refractivity contribution >= 4 is 34.8 Å². The van der Waals surface area contributed by atoms with E-state index < -0.39 is 0 Å². The van der Waals surface area contributed by atoms with Crippen molar-refractivity contribution in [3.05, 3.63) is 46.7 Å². The van der Waals surface area contributed by atoms with Gasteiger partial charge >= 0.3 is 0 Å². The monoisotopic (exact) mass is 378 g/mol. The topological polar surface area (TPSA) is 113 Å². The molecule has 0 saturated carbocycles. The second kappa shape index (κ2) is 9.02. The highest BCUT2D eigenvalue weighted by Gasteiger charge is 2.18. The number of hydrogen-bond donors (Lipinski definition) is 4. The number of nitrogens with one attached hydrogen (secondary N) is 3. The van der Waals surface area contributed by atoms with Crippen LogP contribution >= 0.6 is 11.6 Å². The van der Waals surface area contributed by atoms with Gasteiger partial charge in [0, 0.05) is 19.8 Å². The highest BCUT2D eigenvalue weighted by atomic mass is 35.5. The number of aliphatic hydroxyl groups is 1. The van der Waals surface area contributed by atoms with Crippen LogP contribution in [-0.2, 0) is 0 Å².